The fourth-order valence-electron chi connectivity index (χ4n) is 1.49. The second kappa shape index (κ2) is 7.13. The van der Waals surface area contributed by atoms with Crippen LogP contribution in [0.4, 0.5) is 5.69 Å². The normalized spacial score (nSPS) is 11.1. The quantitative estimate of drug-likeness (QED) is 0.617. The minimum atomic E-state index is -3.30. The summed E-state index contributed by atoms with van der Waals surface area (Å²) in [4.78, 5) is 11.6. The lowest BCUT2D eigenvalue weighted by atomic mass is 10.2. The molecule has 0 saturated carbocycles. The molecule has 0 amide bonds. The van der Waals surface area contributed by atoms with Crippen molar-refractivity contribution >= 4 is 21.7 Å². The van der Waals surface area contributed by atoms with Crippen molar-refractivity contribution in [2.45, 2.75) is 26.2 Å². The Kier molecular flexibility index (Phi) is 5.82. The van der Waals surface area contributed by atoms with Gasteiger partial charge in [-0.15, -0.1) is 0 Å². The molecule has 0 bridgehead atoms. The van der Waals surface area contributed by atoms with E-state index in [1.54, 1.807) is 0 Å². The van der Waals surface area contributed by atoms with Gasteiger partial charge in [-0.25, -0.2) is 13.2 Å². The third-order valence-electron chi connectivity index (χ3n) is 2.40. The maximum Gasteiger partial charge on any atom is 0.338 e. The molecule has 6 heteroatoms. The minimum Gasteiger partial charge on any atom is -0.462 e. The van der Waals surface area contributed by atoms with Crippen LogP contribution < -0.4 is 4.72 Å². The molecule has 0 radical (unpaired) electrons. The van der Waals surface area contributed by atoms with Gasteiger partial charge in [0, 0.05) is 5.69 Å². The average Bonchev–Trinajstić information content (AvgIpc) is 2.33. The molecule has 0 saturated heterocycles. The lowest BCUT2D eigenvalue weighted by Crippen LogP contribution is -2.10. The molecule has 1 rings (SSSR count). The molecule has 1 aromatic carbocycles. The molecule has 0 atom stereocenters. The van der Waals surface area contributed by atoms with Gasteiger partial charge in [0.2, 0.25) is 10.0 Å². The SMILES string of the molecule is CCCCCOC(=O)c1ccc(NS(C)(=O)=O)cc1. The lowest BCUT2D eigenvalue weighted by molar-refractivity contribution is 0.0498. The summed E-state index contributed by atoms with van der Waals surface area (Å²) in [6.07, 6.45) is 4.03. The Hall–Kier alpha value is -1.56. The molecule has 1 N–H and O–H groups in total. The Morgan fingerprint density at radius 3 is 2.37 bits per heavy atom. The first-order chi connectivity index (χ1) is 8.92. The molecule has 0 unspecified atom stereocenters. The summed E-state index contributed by atoms with van der Waals surface area (Å²) in [5.41, 5.74) is 0.834. The van der Waals surface area contributed by atoms with Crippen LogP contribution in [0.15, 0.2) is 24.3 Å². The van der Waals surface area contributed by atoms with Crippen molar-refractivity contribution in [3.63, 3.8) is 0 Å². The van der Waals surface area contributed by atoms with Gasteiger partial charge in [-0.2, -0.15) is 0 Å². The zero-order chi connectivity index (χ0) is 14.3. The summed E-state index contributed by atoms with van der Waals surface area (Å²) in [6, 6.07) is 6.14. The highest BCUT2D eigenvalue weighted by Crippen LogP contribution is 2.12. The number of nitrogens with one attached hydrogen (secondary N) is 1. The second-order valence-electron chi connectivity index (χ2n) is 4.29. The van der Waals surface area contributed by atoms with Gasteiger partial charge in [-0.3, -0.25) is 4.72 Å². The summed E-state index contributed by atoms with van der Waals surface area (Å²) in [5.74, 6) is -0.387. The van der Waals surface area contributed by atoms with Gasteiger partial charge in [0.15, 0.2) is 0 Å². The van der Waals surface area contributed by atoms with Crippen LogP contribution in [-0.2, 0) is 14.8 Å². The van der Waals surface area contributed by atoms with Crippen LogP contribution in [-0.4, -0.2) is 27.2 Å². The molecule has 5 nitrogen and oxygen atoms in total. The topological polar surface area (TPSA) is 72.5 Å². The van der Waals surface area contributed by atoms with E-state index in [1.165, 1.54) is 24.3 Å². The van der Waals surface area contributed by atoms with Gasteiger partial charge in [0.25, 0.3) is 0 Å². The number of hydrogen-bond acceptors (Lipinski definition) is 4. The highest BCUT2D eigenvalue weighted by atomic mass is 32.2. The molecule has 0 aliphatic rings. The Morgan fingerprint density at radius 2 is 1.84 bits per heavy atom. The number of unbranched alkanes of at least 4 members (excludes halogenated alkanes) is 2. The largest absolute Gasteiger partial charge is 0.462 e. The number of esters is 1. The molecule has 0 aliphatic carbocycles. The molecule has 1 aromatic rings. The summed E-state index contributed by atoms with van der Waals surface area (Å²) < 4.78 is 29.5. The van der Waals surface area contributed by atoms with Gasteiger partial charge in [-0.05, 0) is 30.7 Å². The fourth-order valence-corrected chi connectivity index (χ4v) is 2.05. The van der Waals surface area contributed by atoms with Crippen LogP contribution in [0.1, 0.15) is 36.5 Å². The van der Waals surface area contributed by atoms with Crippen LogP contribution >= 0.6 is 0 Å². The maximum atomic E-state index is 11.6. The highest BCUT2D eigenvalue weighted by molar-refractivity contribution is 7.92. The van der Waals surface area contributed by atoms with E-state index in [0.717, 1.165) is 25.5 Å². The fraction of sp³-hybridized carbons (Fsp3) is 0.462. The monoisotopic (exact) mass is 285 g/mol. The summed E-state index contributed by atoms with van der Waals surface area (Å²) in [7, 11) is -3.30. The molecule has 0 fully saturated rings. The van der Waals surface area contributed by atoms with E-state index in [9.17, 15) is 13.2 Å². The van der Waals surface area contributed by atoms with Gasteiger partial charge < -0.3 is 4.74 Å². The zero-order valence-electron chi connectivity index (χ0n) is 11.2. The highest BCUT2D eigenvalue weighted by Gasteiger charge is 2.07. The molecule has 0 spiro atoms. The number of rotatable bonds is 7. The van der Waals surface area contributed by atoms with E-state index in [4.69, 9.17) is 4.74 Å². The Bertz CT molecular complexity index is 508. The van der Waals surface area contributed by atoms with Crippen LogP contribution in [0.25, 0.3) is 0 Å². The van der Waals surface area contributed by atoms with Crippen LogP contribution in [0.3, 0.4) is 0 Å². The number of hydrogen-bond donors (Lipinski definition) is 1. The first-order valence-corrected chi connectivity index (χ1v) is 8.06. The molecule has 0 heterocycles. The molecule has 0 aliphatic heterocycles. The van der Waals surface area contributed by atoms with Crippen molar-refractivity contribution in [3.05, 3.63) is 29.8 Å². The average molecular weight is 285 g/mol. The van der Waals surface area contributed by atoms with Crippen molar-refractivity contribution in [2.24, 2.45) is 0 Å². The number of carbonyl (C=O) groups excluding carboxylic acids is 1. The van der Waals surface area contributed by atoms with E-state index in [2.05, 4.69) is 11.6 Å². The number of benzene rings is 1. The molecule has 0 aromatic heterocycles. The van der Waals surface area contributed by atoms with E-state index in [-0.39, 0.29) is 5.97 Å². The van der Waals surface area contributed by atoms with Gasteiger partial charge in [0.05, 0.1) is 18.4 Å². The third-order valence-corrected chi connectivity index (χ3v) is 3.01. The number of ether oxygens (including phenoxy) is 1. The number of sulfonamides is 1. The standard InChI is InChI=1S/C13H19NO4S/c1-3-4-5-10-18-13(15)11-6-8-12(9-7-11)14-19(2,16)17/h6-9,14H,3-5,10H2,1-2H3. The van der Waals surface area contributed by atoms with Gasteiger partial charge >= 0.3 is 5.97 Å². The molecule has 19 heavy (non-hydrogen) atoms. The Balaban J connectivity index is 2.53. The van der Waals surface area contributed by atoms with Crippen molar-refractivity contribution in [1.82, 2.24) is 0 Å². The van der Waals surface area contributed by atoms with Crippen molar-refractivity contribution in [2.75, 3.05) is 17.6 Å². The third kappa shape index (κ3) is 6.24. The smallest absolute Gasteiger partial charge is 0.338 e. The van der Waals surface area contributed by atoms with Crippen LogP contribution in [0.2, 0.25) is 0 Å². The van der Waals surface area contributed by atoms with Gasteiger partial charge in [-0.1, -0.05) is 19.8 Å². The van der Waals surface area contributed by atoms with Crippen molar-refractivity contribution in [3.8, 4) is 0 Å². The Morgan fingerprint density at radius 1 is 1.21 bits per heavy atom. The second-order valence-corrected chi connectivity index (χ2v) is 6.04. The van der Waals surface area contributed by atoms with E-state index >= 15 is 0 Å². The Labute approximate surface area is 114 Å². The molecule has 106 valence electrons. The number of anilines is 1. The first-order valence-electron chi connectivity index (χ1n) is 6.17. The minimum absolute atomic E-state index is 0.387. The molecular weight excluding hydrogens is 266 g/mol. The lowest BCUT2D eigenvalue weighted by Gasteiger charge is -2.06. The predicted molar refractivity (Wildman–Crippen MR) is 74.7 cm³/mol. The maximum absolute atomic E-state index is 11.6. The molecular formula is C13H19NO4S. The van der Waals surface area contributed by atoms with E-state index in [1.807, 2.05) is 0 Å². The summed E-state index contributed by atoms with van der Waals surface area (Å²) in [5, 5.41) is 0. The van der Waals surface area contributed by atoms with E-state index < -0.39 is 10.0 Å². The zero-order valence-corrected chi connectivity index (χ0v) is 12.0. The van der Waals surface area contributed by atoms with Gasteiger partial charge in [0.1, 0.15) is 0 Å². The van der Waals surface area contributed by atoms with E-state index in [0.29, 0.717) is 17.9 Å². The predicted octanol–water partition coefficient (Wildman–Crippen LogP) is 2.41. The summed E-state index contributed by atoms with van der Waals surface area (Å²) in [6.45, 7) is 2.49. The first kappa shape index (κ1) is 15.5. The van der Waals surface area contributed by atoms with Crippen molar-refractivity contribution in [1.29, 1.82) is 0 Å². The van der Waals surface area contributed by atoms with Crippen LogP contribution in [0.5, 0.6) is 0 Å². The summed E-state index contributed by atoms with van der Waals surface area (Å²) >= 11 is 0. The number of carbonyl (C=O) groups is 1. The van der Waals surface area contributed by atoms with Crippen LogP contribution in [0, 0.1) is 0 Å². The van der Waals surface area contributed by atoms with Crippen molar-refractivity contribution < 1.29 is 17.9 Å².